The van der Waals surface area contributed by atoms with Crippen molar-refractivity contribution in [3.8, 4) is 5.75 Å². The van der Waals surface area contributed by atoms with E-state index in [9.17, 15) is 4.79 Å². The Hall–Kier alpha value is -2.04. The summed E-state index contributed by atoms with van der Waals surface area (Å²) in [5.74, 6) is 0.964. The lowest BCUT2D eigenvalue weighted by atomic mass is 9.94. The number of benzene rings is 2. The molecule has 4 nitrogen and oxygen atoms in total. The Labute approximate surface area is 160 Å². The summed E-state index contributed by atoms with van der Waals surface area (Å²) in [6.45, 7) is 5.74. The molecule has 1 saturated heterocycles. The minimum Gasteiger partial charge on any atom is -0.496 e. The number of hydrogen-bond acceptors (Lipinski definition) is 3. The first-order chi connectivity index (χ1) is 12.6. The summed E-state index contributed by atoms with van der Waals surface area (Å²) in [4.78, 5) is 14.8. The fourth-order valence-electron chi connectivity index (χ4n) is 3.61. The molecule has 5 heteroatoms. The lowest BCUT2D eigenvalue weighted by molar-refractivity contribution is 0.0946. The van der Waals surface area contributed by atoms with Crippen molar-refractivity contribution in [3.05, 3.63) is 64.2 Å². The van der Waals surface area contributed by atoms with Gasteiger partial charge in [-0.3, -0.25) is 4.79 Å². The van der Waals surface area contributed by atoms with Crippen LogP contribution in [0, 0.1) is 6.92 Å². The van der Waals surface area contributed by atoms with Gasteiger partial charge in [-0.1, -0.05) is 35.9 Å². The van der Waals surface area contributed by atoms with E-state index in [-0.39, 0.29) is 5.91 Å². The van der Waals surface area contributed by atoms with E-state index in [1.807, 2.05) is 0 Å². The molecule has 26 heavy (non-hydrogen) atoms. The van der Waals surface area contributed by atoms with Gasteiger partial charge in [-0.05, 0) is 55.1 Å². The fourth-order valence-corrected chi connectivity index (χ4v) is 3.79. The molecule has 0 aliphatic carbocycles. The molecule has 1 aliphatic rings. The molecule has 0 spiro atoms. The molecule has 0 saturated carbocycles. The third kappa shape index (κ3) is 4.37. The summed E-state index contributed by atoms with van der Waals surface area (Å²) >= 11 is 6.00. The van der Waals surface area contributed by atoms with Crippen LogP contribution in [0.5, 0.6) is 5.75 Å². The molecule has 1 unspecified atom stereocenters. The van der Waals surface area contributed by atoms with E-state index in [0.717, 1.165) is 19.6 Å². The molecule has 0 bridgehead atoms. The molecular formula is C21H25ClN2O2. The van der Waals surface area contributed by atoms with Crippen LogP contribution >= 0.6 is 11.6 Å². The molecule has 1 fully saturated rings. The number of nitrogens with zero attached hydrogens (tertiary/aromatic N) is 1. The third-order valence-electron chi connectivity index (χ3n) is 5.02. The van der Waals surface area contributed by atoms with Gasteiger partial charge < -0.3 is 15.0 Å². The Morgan fingerprint density at radius 1 is 1.31 bits per heavy atom. The molecule has 1 N–H and O–H groups in total. The van der Waals surface area contributed by atoms with Crippen molar-refractivity contribution in [2.24, 2.45) is 0 Å². The molecule has 2 aromatic rings. The maximum Gasteiger partial charge on any atom is 0.255 e. The first-order valence-corrected chi connectivity index (χ1v) is 9.36. The summed E-state index contributed by atoms with van der Waals surface area (Å²) in [5.41, 5.74) is 3.28. The van der Waals surface area contributed by atoms with Crippen LogP contribution in [0.15, 0.2) is 42.5 Å². The molecule has 0 aromatic heterocycles. The number of amides is 1. The van der Waals surface area contributed by atoms with Crippen LogP contribution < -0.4 is 10.1 Å². The van der Waals surface area contributed by atoms with Crippen LogP contribution in [-0.4, -0.2) is 44.1 Å². The Balaban J connectivity index is 1.51. The van der Waals surface area contributed by atoms with Crippen LogP contribution in [0.1, 0.15) is 33.8 Å². The predicted molar refractivity (Wildman–Crippen MR) is 105 cm³/mol. The number of hydrogen-bond donors (Lipinski definition) is 1. The molecule has 1 amide bonds. The van der Waals surface area contributed by atoms with Crippen molar-refractivity contribution in [2.75, 3.05) is 33.3 Å². The number of methoxy groups -OCH3 is 1. The average molecular weight is 373 g/mol. The topological polar surface area (TPSA) is 41.6 Å². The van der Waals surface area contributed by atoms with Gasteiger partial charge in [-0.25, -0.2) is 0 Å². The van der Waals surface area contributed by atoms with Gasteiger partial charge in [-0.15, -0.1) is 0 Å². The number of aryl methyl sites for hydroxylation is 1. The van der Waals surface area contributed by atoms with Gasteiger partial charge in [0.25, 0.3) is 5.91 Å². The van der Waals surface area contributed by atoms with Crippen LogP contribution in [-0.2, 0) is 0 Å². The highest BCUT2D eigenvalue weighted by molar-refractivity contribution is 6.31. The van der Waals surface area contributed by atoms with Crippen molar-refractivity contribution in [1.82, 2.24) is 10.2 Å². The Kier molecular flexibility index (Phi) is 6.17. The maximum absolute atomic E-state index is 12.4. The Morgan fingerprint density at radius 2 is 2.12 bits per heavy atom. The minimum atomic E-state index is -0.154. The zero-order valence-corrected chi connectivity index (χ0v) is 16.1. The van der Waals surface area contributed by atoms with Gasteiger partial charge in [0.15, 0.2) is 0 Å². The SMILES string of the molecule is COc1ccc(Cl)cc1C(=O)NCCN1CCC(c2ccccc2C)C1. The quantitative estimate of drug-likeness (QED) is 0.836. The van der Waals surface area contributed by atoms with Gasteiger partial charge in [0.05, 0.1) is 12.7 Å². The van der Waals surface area contributed by atoms with Gasteiger partial charge in [-0.2, -0.15) is 0 Å². The number of ether oxygens (including phenoxy) is 1. The molecule has 1 heterocycles. The summed E-state index contributed by atoms with van der Waals surface area (Å²) < 4.78 is 5.25. The second-order valence-electron chi connectivity index (χ2n) is 6.74. The first-order valence-electron chi connectivity index (χ1n) is 8.98. The number of nitrogens with one attached hydrogen (secondary N) is 1. The highest BCUT2D eigenvalue weighted by atomic mass is 35.5. The molecule has 1 aliphatic heterocycles. The molecule has 0 radical (unpaired) electrons. The molecule has 138 valence electrons. The van der Waals surface area contributed by atoms with Gasteiger partial charge >= 0.3 is 0 Å². The zero-order chi connectivity index (χ0) is 18.5. The van der Waals surface area contributed by atoms with E-state index in [1.165, 1.54) is 17.5 Å². The van der Waals surface area contributed by atoms with Crippen LogP contribution in [0.3, 0.4) is 0 Å². The van der Waals surface area contributed by atoms with Crippen LogP contribution in [0.25, 0.3) is 0 Å². The van der Waals surface area contributed by atoms with Crippen LogP contribution in [0.2, 0.25) is 5.02 Å². The average Bonchev–Trinajstić information content (AvgIpc) is 3.10. The number of rotatable bonds is 6. The molecular weight excluding hydrogens is 348 g/mol. The Morgan fingerprint density at radius 3 is 2.88 bits per heavy atom. The van der Waals surface area contributed by atoms with Crippen molar-refractivity contribution < 1.29 is 9.53 Å². The number of carbonyl (C=O) groups excluding carboxylic acids is 1. The lowest BCUT2D eigenvalue weighted by Gasteiger charge is -2.18. The fraction of sp³-hybridized carbons (Fsp3) is 0.381. The van der Waals surface area contributed by atoms with E-state index in [4.69, 9.17) is 16.3 Å². The highest BCUT2D eigenvalue weighted by Crippen LogP contribution is 2.29. The van der Waals surface area contributed by atoms with E-state index in [2.05, 4.69) is 41.4 Å². The summed E-state index contributed by atoms with van der Waals surface area (Å²) in [6, 6.07) is 13.7. The van der Waals surface area contributed by atoms with E-state index in [0.29, 0.717) is 28.8 Å². The second-order valence-corrected chi connectivity index (χ2v) is 7.18. The van der Waals surface area contributed by atoms with Gasteiger partial charge in [0.1, 0.15) is 5.75 Å². The van der Waals surface area contributed by atoms with Gasteiger partial charge in [0.2, 0.25) is 0 Å². The Bertz CT molecular complexity index is 778. The summed E-state index contributed by atoms with van der Waals surface area (Å²) in [6.07, 6.45) is 1.17. The number of halogens is 1. The van der Waals surface area contributed by atoms with Crippen molar-refractivity contribution >= 4 is 17.5 Å². The monoisotopic (exact) mass is 372 g/mol. The summed E-state index contributed by atoms with van der Waals surface area (Å²) in [5, 5.41) is 3.50. The smallest absolute Gasteiger partial charge is 0.255 e. The highest BCUT2D eigenvalue weighted by Gasteiger charge is 2.24. The largest absolute Gasteiger partial charge is 0.496 e. The van der Waals surface area contributed by atoms with E-state index in [1.54, 1.807) is 25.3 Å². The standard InChI is InChI=1S/C21H25ClN2O2/c1-15-5-3-4-6-18(15)16-9-11-24(14-16)12-10-23-21(25)19-13-17(22)7-8-20(19)26-2/h3-8,13,16H,9-12,14H2,1-2H3,(H,23,25). The first kappa shape index (κ1) is 18.7. The zero-order valence-electron chi connectivity index (χ0n) is 15.3. The number of carbonyl (C=O) groups is 1. The van der Waals surface area contributed by atoms with Gasteiger partial charge in [0, 0.05) is 24.7 Å². The van der Waals surface area contributed by atoms with Crippen LogP contribution in [0.4, 0.5) is 0 Å². The lowest BCUT2D eigenvalue weighted by Crippen LogP contribution is -2.34. The molecule has 3 rings (SSSR count). The van der Waals surface area contributed by atoms with E-state index >= 15 is 0 Å². The van der Waals surface area contributed by atoms with Crippen molar-refractivity contribution in [2.45, 2.75) is 19.3 Å². The minimum absolute atomic E-state index is 0.154. The van der Waals surface area contributed by atoms with Crippen molar-refractivity contribution in [1.29, 1.82) is 0 Å². The third-order valence-corrected chi connectivity index (χ3v) is 5.26. The predicted octanol–water partition coefficient (Wildman–Crippen LogP) is 3.88. The normalized spacial score (nSPS) is 17.3. The molecule has 1 atom stereocenters. The summed E-state index contributed by atoms with van der Waals surface area (Å²) in [7, 11) is 1.55. The van der Waals surface area contributed by atoms with Crippen molar-refractivity contribution in [3.63, 3.8) is 0 Å². The second kappa shape index (κ2) is 8.56. The number of likely N-dealkylation sites (tertiary alicyclic amines) is 1. The maximum atomic E-state index is 12.4. The van der Waals surface area contributed by atoms with E-state index < -0.39 is 0 Å². The molecule has 2 aromatic carbocycles.